The molecule has 0 amide bonds. The van der Waals surface area contributed by atoms with E-state index >= 15 is 0 Å². The summed E-state index contributed by atoms with van der Waals surface area (Å²) in [4.78, 5) is 36.9. The van der Waals surface area contributed by atoms with Crippen LogP contribution in [0.25, 0.3) is 0 Å². The lowest BCUT2D eigenvalue weighted by Crippen LogP contribution is -2.55. The molecule has 0 N–H and O–H groups in total. The van der Waals surface area contributed by atoms with Crippen molar-refractivity contribution in [2.24, 2.45) is 0 Å². The van der Waals surface area contributed by atoms with E-state index in [4.69, 9.17) is 14.2 Å². The Hall–Kier alpha value is -2.97. The van der Waals surface area contributed by atoms with Crippen LogP contribution in [0.3, 0.4) is 0 Å². The zero-order chi connectivity index (χ0) is 42.1. The third-order valence-corrected chi connectivity index (χ3v) is 9.98. The van der Waals surface area contributed by atoms with Crippen LogP contribution in [0.1, 0.15) is 181 Å². The van der Waals surface area contributed by atoms with Crippen molar-refractivity contribution < 1.29 is 38.2 Å². The predicted molar refractivity (Wildman–Crippen MR) is 236 cm³/mol. The summed E-state index contributed by atoms with van der Waals surface area (Å²) < 4.78 is 17.1. The number of carboxylic acid groups (broad SMARTS) is 1. The molecule has 0 aliphatic heterocycles. The molecular formula is C49H85NO7. The van der Waals surface area contributed by atoms with Gasteiger partial charge < -0.3 is 28.6 Å². The molecular weight excluding hydrogens is 715 g/mol. The Balaban J connectivity index is 4.36. The molecule has 57 heavy (non-hydrogen) atoms. The van der Waals surface area contributed by atoms with Gasteiger partial charge in [0.1, 0.15) is 12.6 Å². The fourth-order valence-electron chi connectivity index (χ4n) is 6.43. The highest BCUT2D eigenvalue weighted by atomic mass is 16.6. The number of nitrogens with zero attached hydrogens (tertiary/aromatic N) is 1. The van der Waals surface area contributed by atoms with Crippen molar-refractivity contribution in [1.82, 2.24) is 0 Å². The number of likely N-dealkylation sites (N-methyl/N-ethyl adjacent to an activating group) is 1. The Morgan fingerprint density at radius 2 is 1.00 bits per heavy atom. The van der Waals surface area contributed by atoms with Crippen LogP contribution in [-0.2, 0) is 28.6 Å². The Morgan fingerprint density at radius 1 is 0.544 bits per heavy atom. The van der Waals surface area contributed by atoms with Crippen LogP contribution in [0.4, 0.5) is 0 Å². The topological polar surface area (TPSA) is 102 Å². The van der Waals surface area contributed by atoms with Gasteiger partial charge in [-0.15, -0.1) is 0 Å². The summed E-state index contributed by atoms with van der Waals surface area (Å²) in [6.45, 7) is 4.49. The van der Waals surface area contributed by atoms with E-state index in [-0.39, 0.29) is 42.7 Å². The first-order valence-corrected chi connectivity index (χ1v) is 22.9. The van der Waals surface area contributed by atoms with Crippen molar-refractivity contribution in [1.29, 1.82) is 0 Å². The van der Waals surface area contributed by atoms with Crippen LogP contribution in [0.5, 0.6) is 0 Å². The van der Waals surface area contributed by atoms with E-state index in [0.717, 1.165) is 77.0 Å². The molecule has 328 valence electrons. The smallest absolute Gasteiger partial charge is 0.306 e. The summed E-state index contributed by atoms with van der Waals surface area (Å²) in [6.07, 6.45) is 48.1. The van der Waals surface area contributed by atoms with Crippen LogP contribution >= 0.6 is 0 Å². The Labute approximate surface area is 349 Å². The highest BCUT2D eigenvalue weighted by molar-refractivity contribution is 5.70. The summed E-state index contributed by atoms with van der Waals surface area (Å²) in [5.74, 6) is -1.78. The molecule has 0 aliphatic rings. The standard InChI is InChI=1S/C49H85NO7/c1-6-8-10-12-14-16-18-20-22-23-24-26-27-29-31-33-35-37-39-47(51)56-44-45(43-55-42-41-46(49(53)54)50(3,4)5)57-48(52)40-38-36-34-32-30-28-25-21-19-17-15-13-11-9-7-2/h9,11,13,15,17,19,21,24-26,45-46H,6-8,10,12,14,16,18,20,22-23,27-44H2,1-5H3/b11-9+,15-13+,19-17+,25-21+,26-24+. The van der Waals surface area contributed by atoms with Gasteiger partial charge in [0.05, 0.1) is 40.3 Å². The number of hydrogen-bond donors (Lipinski definition) is 0. The van der Waals surface area contributed by atoms with Gasteiger partial charge in [-0.3, -0.25) is 9.59 Å². The second kappa shape index (κ2) is 39.8. The Kier molecular flexibility index (Phi) is 37.8. The van der Waals surface area contributed by atoms with E-state index in [9.17, 15) is 19.5 Å². The lowest BCUT2D eigenvalue weighted by Gasteiger charge is -2.34. The van der Waals surface area contributed by atoms with Crippen LogP contribution in [0.2, 0.25) is 0 Å². The third kappa shape index (κ3) is 38.3. The van der Waals surface area contributed by atoms with Gasteiger partial charge in [-0.05, 0) is 57.8 Å². The maximum Gasteiger partial charge on any atom is 0.306 e. The molecule has 0 spiro atoms. The quantitative estimate of drug-likeness (QED) is 0.0200. The number of allylic oxidation sites excluding steroid dienone is 10. The second-order valence-electron chi connectivity index (χ2n) is 16.3. The SMILES string of the molecule is CC/C=C/C=C/C=C/C=C/CCCCCCCC(=O)OC(COCCC(C(=O)[O-])[N+](C)(C)C)COC(=O)CCCCCCC/C=C/CCCCCCCCCCC. The molecule has 0 aliphatic carbocycles. The first-order chi connectivity index (χ1) is 27.6. The number of carbonyl (C=O) groups is 3. The number of ether oxygens (including phenoxy) is 3. The highest BCUT2D eigenvalue weighted by Crippen LogP contribution is 2.14. The molecule has 0 rings (SSSR count). The molecule has 0 aromatic carbocycles. The average Bonchev–Trinajstić information content (AvgIpc) is 3.17. The molecule has 8 heteroatoms. The Bertz CT molecular complexity index is 1120. The minimum Gasteiger partial charge on any atom is -0.544 e. The zero-order valence-corrected chi connectivity index (χ0v) is 37.2. The van der Waals surface area contributed by atoms with Crippen molar-refractivity contribution in [3.8, 4) is 0 Å². The van der Waals surface area contributed by atoms with Gasteiger partial charge in [0.2, 0.25) is 0 Å². The van der Waals surface area contributed by atoms with E-state index in [2.05, 4.69) is 44.2 Å². The predicted octanol–water partition coefficient (Wildman–Crippen LogP) is 11.2. The molecule has 0 aromatic heterocycles. The molecule has 0 fully saturated rings. The van der Waals surface area contributed by atoms with Crippen LogP contribution in [0, 0.1) is 0 Å². The van der Waals surface area contributed by atoms with Crippen molar-refractivity contribution in [2.45, 2.75) is 193 Å². The van der Waals surface area contributed by atoms with Gasteiger partial charge in [-0.25, -0.2) is 0 Å². The van der Waals surface area contributed by atoms with Gasteiger partial charge in [0.25, 0.3) is 0 Å². The monoisotopic (exact) mass is 800 g/mol. The van der Waals surface area contributed by atoms with E-state index in [0.29, 0.717) is 12.8 Å². The van der Waals surface area contributed by atoms with E-state index in [1.54, 1.807) is 21.1 Å². The van der Waals surface area contributed by atoms with Gasteiger partial charge >= 0.3 is 11.9 Å². The molecule has 0 aromatic rings. The molecule has 8 nitrogen and oxygen atoms in total. The first-order valence-electron chi connectivity index (χ1n) is 22.9. The number of quaternary nitrogens is 1. The lowest BCUT2D eigenvalue weighted by atomic mass is 10.1. The van der Waals surface area contributed by atoms with Crippen molar-refractivity contribution in [3.63, 3.8) is 0 Å². The first kappa shape index (κ1) is 54.0. The maximum absolute atomic E-state index is 12.7. The van der Waals surface area contributed by atoms with Crippen LogP contribution < -0.4 is 5.11 Å². The number of aliphatic carboxylic acids is 1. The van der Waals surface area contributed by atoms with Gasteiger partial charge in [0, 0.05) is 19.3 Å². The molecule has 2 atom stereocenters. The molecule has 0 heterocycles. The van der Waals surface area contributed by atoms with E-state index in [1.165, 1.54) is 70.6 Å². The van der Waals surface area contributed by atoms with Crippen LogP contribution in [0.15, 0.2) is 60.8 Å². The summed E-state index contributed by atoms with van der Waals surface area (Å²) in [7, 11) is 5.39. The lowest BCUT2D eigenvalue weighted by molar-refractivity contribution is -0.889. The summed E-state index contributed by atoms with van der Waals surface area (Å²) in [6, 6.07) is -0.733. The summed E-state index contributed by atoms with van der Waals surface area (Å²) >= 11 is 0. The number of hydrogen-bond acceptors (Lipinski definition) is 7. The van der Waals surface area contributed by atoms with E-state index in [1.807, 2.05) is 30.4 Å². The number of unbranched alkanes of at least 4 members (excludes halogenated alkanes) is 19. The van der Waals surface area contributed by atoms with Gasteiger partial charge in [0.15, 0.2) is 6.10 Å². The fraction of sp³-hybridized carbons (Fsp3) is 0.735. The summed E-state index contributed by atoms with van der Waals surface area (Å²) in [5, 5.41) is 11.6. The van der Waals surface area contributed by atoms with Gasteiger partial charge in [-0.1, -0.05) is 164 Å². The number of esters is 2. The largest absolute Gasteiger partial charge is 0.544 e. The molecule has 0 radical (unpaired) electrons. The van der Waals surface area contributed by atoms with E-state index < -0.39 is 18.1 Å². The highest BCUT2D eigenvalue weighted by Gasteiger charge is 2.25. The number of carbonyl (C=O) groups excluding carboxylic acids is 3. The molecule has 0 bridgehead atoms. The number of carboxylic acids is 1. The fourth-order valence-corrected chi connectivity index (χ4v) is 6.43. The molecule has 0 saturated carbocycles. The minimum atomic E-state index is -1.13. The maximum atomic E-state index is 12.7. The molecule has 2 unspecified atom stereocenters. The van der Waals surface area contributed by atoms with Crippen molar-refractivity contribution in [3.05, 3.63) is 60.8 Å². The minimum absolute atomic E-state index is 0.0263. The molecule has 0 saturated heterocycles. The number of rotatable bonds is 40. The van der Waals surface area contributed by atoms with Crippen molar-refractivity contribution in [2.75, 3.05) is 41.0 Å². The summed E-state index contributed by atoms with van der Waals surface area (Å²) in [5.41, 5.74) is 0. The normalized spacial score (nSPS) is 13.5. The Morgan fingerprint density at radius 3 is 1.51 bits per heavy atom. The van der Waals surface area contributed by atoms with Gasteiger partial charge in [-0.2, -0.15) is 0 Å². The second-order valence-corrected chi connectivity index (χ2v) is 16.3. The van der Waals surface area contributed by atoms with Crippen LogP contribution in [-0.4, -0.2) is 75.5 Å². The zero-order valence-electron chi connectivity index (χ0n) is 37.2. The van der Waals surface area contributed by atoms with Crippen molar-refractivity contribution >= 4 is 17.9 Å². The average molecular weight is 800 g/mol. The third-order valence-electron chi connectivity index (χ3n) is 9.98.